The van der Waals surface area contributed by atoms with Crippen LogP contribution in [-0.2, 0) is 6.54 Å². The van der Waals surface area contributed by atoms with E-state index in [1.165, 1.54) is 4.68 Å². The molecular formula is C20H25N9O3. The Morgan fingerprint density at radius 2 is 2.00 bits per heavy atom. The van der Waals surface area contributed by atoms with E-state index in [0.29, 0.717) is 24.6 Å². The summed E-state index contributed by atoms with van der Waals surface area (Å²) in [5, 5.41) is 19.8. The van der Waals surface area contributed by atoms with Crippen molar-refractivity contribution in [2.45, 2.75) is 33.2 Å². The standard InChI is InChI=1S/C20H25N9O3/c1-3-31-15-8-6-14(7-9-15)13(2)22-24-20(30)17-16(12-28-10-4-5-11-28)23-27-29(17)19-18(21)25-32-26-19/h6-9H,3-5,10-12H2,1-2H3,(H2,21,25)(H,24,30). The summed E-state index contributed by atoms with van der Waals surface area (Å²) >= 11 is 0. The van der Waals surface area contributed by atoms with Gasteiger partial charge in [0.05, 0.1) is 12.3 Å². The Kier molecular flexibility index (Phi) is 6.40. The van der Waals surface area contributed by atoms with Crippen LogP contribution in [0.4, 0.5) is 5.82 Å². The zero-order valence-electron chi connectivity index (χ0n) is 18.0. The molecule has 3 N–H and O–H groups in total. The molecule has 1 saturated heterocycles. The summed E-state index contributed by atoms with van der Waals surface area (Å²) in [5.74, 6) is 0.388. The van der Waals surface area contributed by atoms with E-state index in [4.69, 9.17) is 10.5 Å². The smallest absolute Gasteiger partial charge is 0.292 e. The zero-order valence-corrected chi connectivity index (χ0v) is 18.0. The van der Waals surface area contributed by atoms with Crippen LogP contribution in [0.2, 0.25) is 0 Å². The van der Waals surface area contributed by atoms with Crippen LogP contribution in [0.15, 0.2) is 34.0 Å². The average molecular weight is 439 g/mol. The van der Waals surface area contributed by atoms with Crippen molar-refractivity contribution in [3.05, 3.63) is 41.2 Å². The van der Waals surface area contributed by atoms with E-state index in [0.717, 1.165) is 37.2 Å². The van der Waals surface area contributed by atoms with Gasteiger partial charge in [-0.3, -0.25) is 9.69 Å². The van der Waals surface area contributed by atoms with Crippen molar-refractivity contribution in [2.24, 2.45) is 5.10 Å². The third-order valence-electron chi connectivity index (χ3n) is 5.13. The van der Waals surface area contributed by atoms with Crippen molar-refractivity contribution >= 4 is 17.4 Å². The number of ether oxygens (including phenoxy) is 1. The lowest BCUT2D eigenvalue weighted by molar-refractivity contribution is 0.0945. The molecule has 2 aromatic heterocycles. The van der Waals surface area contributed by atoms with Crippen molar-refractivity contribution < 1.29 is 14.2 Å². The molecule has 12 heteroatoms. The van der Waals surface area contributed by atoms with E-state index in [2.05, 4.69) is 40.7 Å². The third-order valence-corrected chi connectivity index (χ3v) is 5.13. The molecule has 0 saturated carbocycles. The molecule has 0 spiro atoms. The molecule has 1 aromatic carbocycles. The number of nitrogens with one attached hydrogen (secondary N) is 1. The maximum absolute atomic E-state index is 13.1. The third kappa shape index (κ3) is 4.59. The first-order valence-corrected chi connectivity index (χ1v) is 10.4. The van der Waals surface area contributed by atoms with Crippen molar-refractivity contribution in [2.75, 3.05) is 25.4 Å². The molecule has 12 nitrogen and oxygen atoms in total. The summed E-state index contributed by atoms with van der Waals surface area (Å²) in [7, 11) is 0. The quantitative estimate of drug-likeness (QED) is 0.392. The van der Waals surface area contributed by atoms with Gasteiger partial charge >= 0.3 is 0 Å². The van der Waals surface area contributed by atoms with E-state index in [-0.39, 0.29) is 17.3 Å². The van der Waals surface area contributed by atoms with Gasteiger partial charge in [0.1, 0.15) is 11.4 Å². The van der Waals surface area contributed by atoms with E-state index >= 15 is 0 Å². The number of hydrogen-bond acceptors (Lipinski definition) is 10. The van der Waals surface area contributed by atoms with Gasteiger partial charge in [-0.25, -0.2) is 10.1 Å². The molecule has 0 bridgehead atoms. The molecule has 0 radical (unpaired) electrons. The highest BCUT2D eigenvalue weighted by Crippen LogP contribution is 2.19. The fourth-order valence-corrected chi connectivity index (χ4v) is 3.50. The number of likely N-dealkylation sites (tertiary alicyclic amines) is 1. The largest absolute Gasteiger partial charge is 0.494 e. The highest BCUT2D eigenvalue weighted by atomic mass is 16.6. The predicted octanol–water partition coefficient (Wildman–Crippen LogP) is 1.38. The normalized spacial score (nSPS) is 14.6. The Hall–Kier alpha value is -3.80. The molecule has 1 fully saturated rings. The number of benzene rings is 1. The van der Waals surface area contributed by atoms with Crippen LogP contribution in [0.3, 0.4) is 0 Å². The van der Waals surface area contributed by atoms with E-state index in [9.17, 15) is 4.79 Å². The van der Waals surface area contributed by atoms with Gasteiger partial charge in [-0.2, -0.15) is 9.78 Å². The van der Waals surface area contributed by atoms with E-state index in [1.54, 1.807) is 6.92 Å². The van der Waals surface area contributed by atoms with Crippen LogP contribution in [0.25, 0.3) is 5.82 Å². The minimum absolute atomic E-state index is 0.00532. The number of nitrogens with two attached hydrogens (primary N) is 1. The van der Waals surface area contributed by atoms with Crippen LogP contribution in [0.1, 0.15) is 48.4 Å². The van der Waals surface area contributed by atoms with Crippen LogP contribution in [-0.4, -0.2) is 61.5 Å². The van der Waals surface area contributed by atoms with Gasteiger partial charge in [-0.15, -0.1) is 5.10 Å². The number of carbonyl (C=O) groups is 1. The molecule has 1 aliphatic heterocycles. The lowest BCUT2D eigenvalue weighted by atomic mass is 10.1. The highest BCUT2D eigenvalue weighted by molar-refractivity contribution is 6.00. The average Bonchev–Trinajstić information content (AvgIpc) is 3.54. The number of carbonyl (C=O) groups excluding carboxylic acids is 1. The molecule has 3 heterocycles. The predicted molar refractivity (Wildman–Crippen MR) is 115 cm³/mol. The Labute approximate surface area is 184 Å². The summed E-state index contributed by atoms with van der Waals surface area (Å²) in [6.45, 7) is 6.69. The molecule has 32 heavy (non-hydrogen) atoms. The number of nitrogen functional groups attached to an aromatic ring is 1. The topological polar surface area (TPSA) is 150 Å². The number of hydrogen-bond donors (Lipinski definition) is 2. The van der Waals surface area contributed by atoms with Gasteiger partial charge in [0.25, 0.3) is 5.91 Å². The molecule has 168 valence electrons. The molecule has 1 aliphatic rings. The summed E-state index contributed by atoms with van der Waals surface area (Å²) in [4.78, 5) is 15.3. The first-order chi connectivity index (χ1) is 15.6. The van der Waals surface area contributed by atoms with Gasteiger partial charge in [-0.05, 0) is 79.9 Å². The molecule has 0 atom stereocenters. The van der Waals surface area contributed by atoms with Crippen molar-refractivity contribution in [3.8, 4) is 11.6 Å². The lowest BCUT2D eigenvalue weighted by Gasteiger charge is -2.13. The maximum atomic E-state index is 13.1. The molecule has 1 amide bonds. The van der Waals surface area contributed by atoms with Crippen LogP contribution < -0.4 is 15.9 Å². The van der Waals surface area contributed by atoms with Crippen LogP contribution in [0.5, 0.6) is 5.75 Å². The monoisotopic (exact) mass is 439 g/mol. The first-order valence-electron chi connectivity index (χ1n) is 10.4. The first kappa shape index (κ1) is 21.4. The van der Waals surface area contributed by atoms with Gasteiger partial charge in [0.2, 0.25) is 11.6 Å². The summed E-state index contributed by atoms with van der Waals surface area (Å²) in [6.07, 6.45) is 2.22. The number of anilines is 1. The fraction of sp³-hybridized carbons (Fsp3) is 0.400. The van der Waals surface area contributed by atoms with Gasteiger partial charge < -0.3 is 10.5 Å². The minimum Gasteiger partial charge on any atom is -0.494 e. The summed E-state index contributed by atoms with van der Waals surface area (Å²) < 4.78 is 11.4. The van der Waals surface area contributed by atoms with Crippen molar-refractivity contribution in [1.29, 1.82) is 0 Å². The fourth-order valence-electron chi connectivity index (χ4n) is 3.50. The summed E-state index contributed by atoms with van der Waals surface area (Å²) in [5.41, 5.74) is 10.6. The zero-order chi connectivity index (χ0) is 22.5. The number of amides is 1. The maximum Gasteiger partial charge on any atom is 0.292 e. The van der Waals surface area contributed by atoms with E-state index < -0.39 is 5.91 Å². The number of aromatic nitrogens is 5. The molecule has 3 aromatic rings. The minimum atomic E-state index is -0.489. The molecular weight excluding hydrogens is 414 g/mol. The lowest BCUT2D eigenvalue weighted by Crippen LogP contribution is -2.26. The second kappa shape index (κ2) is 9.56. The van der Waals surface area contributed by atoms with Crippen molar-refractivity contribution in [1.82, 2.24) is 35.6 Å². The highest BCUT2D eigenvalue weighted by Gasteiger charge is 2.27. The SMILES string of the molecule is CCOc1ccc(C(C)=NNC(=O)c2c(CN3CCCC3)nnn2-c2nonc2N)cc1. The second-order valence-electron chi connectivity index (χ2n) is 7.35. The number of nitrogens with zero attached hydrogens (tertiary/aromatic N) is 7. The van der Waals surface area contributed by atoms with Crippen molar-refractivity contribution in [3.63, 3.8) is 0 Å². The Bertz CT molecular complexity index is 1100. The number of hydrazone groups is 1. The Morgan fingerprint density at radius 3 is 2.66 bits per heavy atom. The van der Waals surface area contributed by atoms with Crippen LogP contribution in [0, 0.1) is 0 Å². The summed E-state index contributed by atoms with van der Waals surface area (Å²) in [6, 6.07) is 7.46. The van der Waals surface area contributed by atoms with Gasteiger partial charge in [-0.1, -0.05) is 5.21 Å². The molecule has 0 unspecified atom stereocenters. The molecule has 0 aliphatic carbocycles. The molecule has 4 rings (SSSR count). The van der Waals surface area contributed by atoms with E-state index in [1.807, 2.05) is 31.2 Å². The number of rotatable bonds is 8. The second-order valence-corrected chi connectivity index (χ2v) is 7.35. The Balaban J connectivity index is 1.57. The van der Waals surface area contributed by atoms with Gasteiger partial charge in [0, 0.05) is 6.54 Å². The van der Waals surface area contributed by atoms with Crippen LogP contribution >= 0.6 is 0 Å². The Morgan fingerprint density at radius 1 is 1.25 bits per heavy atom. The van der Waals surface area contributed by atoms with Gasteiger partial charge in [0.15, 0.2) is 5.69 Å².